The number of phosphoric ester groups is 2. The van der Waals surface area contributed by atoms with E-state index in [9.17, 15) is 48.5 Å². The Morgan fingerprint density at radius 2 is 1.64 bits per heavy atom. The van der Waals surface area contributed by atoms with Crippen molar-refractivity contribution in [2.75, 3.05) is 18.9 Å². The van der Waals surface area contributed by atoms with Crippen molar-refractivity contribution in [3.05, 3.63) is 42.5 Å². The average molecular weight is 682 g/mol. The largest absolute Gasteiger partial charge is 0.481 e. The van der Waals surface area contributed by atoms with E-state index in [1.165, 1.54) is 29.1 Å². The summed E-state index contributed by atoms with van der Waals surface area (Å²) >= 11 is 0. The fourth-order valence-corrected chi connectivity index (χ4v) is 6.71. The van der Waals surface area contributed by atoms with Crippen LogP contribution in [0.2, 0.25) is 0 Å². The monoisotopic (exact) mass is 682 g/mol. The molecule has 45 heavy (non-hydrogen) atoms. The number of pyridine rings is 1. The van der Waals surface area contributed by atoms with E-state index in [0.29, 0.717) is 0 Å². The number of phosphoric acid groups is 2. The van der Waals surface area contributed by atoms with E-state index in [1.807, 2.05) is 0 Å². The Kier molecular flexibility index (Phi) is 9.33. The van der Waals surface area contributed by atoms with Gasteiger partial charge in [-0.2, -0.15) is 23.2 Å². The fourth-order valence-electron chi connectivity index (χ4n) is 4.62. The van der Waals surface area contributed by atoms with E-state index in [4.69, 9.17) is 20.9 Å². The van der Waals surface area contributed by atoms with Crippen molar-refractivity contribution >= 4 is 38.5 Å². The molecule has 0 aliphatic carbocycles. The van der Waals surface area contributed by atoms with Crippen molar-refractivity contribution in [2.45, 2.75) is 49.1 Å². The summed E-state index contributed by atoms with van der Waals surface area (Å²) in [5, 5.41) is 41.6. The van der Waals surface area contributed by atoms with E-state index in [-0.39, 0.29) is 22.5 Å². The lowest BCUT2D eigenvalue weighted by Gasteiger charge is -2.20. The molecule has 2 aliphatic rings. The Morgan fingerprint density at radius 3 is 2.29 bits per heavy atom. The summed E-state index contributed by atoms with van der Waals surface area (Å²) in [6.07, 6.45) is -9.96. The minimum Gasteiger partial charge on any atom is -0.387 e. The Labute approximate surface area is 250 Å². The number of nitrogens with two attached hydrogens (primary N) is 2. The lowest BCUT2D eigenvalue weighted by Crippen LogP contribution is -2.46. The number of amides is 1. The molecule has 5 rings (SSSR count). The average Bonchev–Trinajstić information content (AvgIpc) is 3.60. The highest BCUT2D eigenvalue weighted by atomic mass is 31.3. The van der Waals surface area contributed by atoms with Gasteiger partial charge in [-0.1, -0.05) is 0 Å². The van der Waals surface area contributed by atoms with Crippen LogP contribution in [0.3, 0.4) is 0 Å². The number of halogens is 1. The van der Waals surface area contributed by atoms with Gasteiger partial charge in [0, 0.05) is 6.07 Å². The van der Waals surface area contributed by atoms with E-state index in [2.05, 4.69) is 28.3 Å². The number of primary amides is 1. The molecule has 10 N–H and O–H groups in total. The first-order valence-electron chi connectivity index (χ1n) is 12.7. The normalized spacial score (nSPS) is 31.2. The molecule has 246 valence electrons. The van der Waals surface area contributed by atoms with Gasteiger partial charge in [0.1, 0.15) is 36.1 Å². The summed E-state index contributed by atoms with van der Waals surface area (Å²) < 4.78 is 65.3. The zero-order valence-corrected chi connectivity index (χ0v) is 24.3. The maximum absolute atomic E-state index is 13.7. The number of fused-ring (bicyclic) bond motifs is 1. The standard InChI is InChI=1S/C21H26FN7O14P2/c22-21-26-16(23)11-18(27-21)29(7-25-11)20-15(33)13(31)10(42-20)6-40-45(37,38)43-44(35,36)39-5-9-12(30)14(32)19(41-9)28-3-1-2-8(4-28)17(24)34/h1-4,7,9-10,12-15,19-20,30-33H,5-6H2,(H5-,23,24,26,27,34,35,36,37,38)/p+1/t9-,10-,12?,13?,14-,15+,19-,20-/m1/s1. The third-order valence-corrected chi connectivity index (χ3v) is 9.38. The van der Waals surface area contributed by atoms with Gasteiger partial charge >= 0.3 is 21.7 Å². The number of aliphatic hydroxyl groups is 4. The SMILES string of the molecule is NC(=O)c1ccc[n+]([C@@H]2O[C@H](COP(=O)(O)OP(=O)(O)OC[C@H]3O[C@@H](n4cnc5c(N)nc(F)nc54)[C@@H](O)C3O)C(O)[C@H]2O)c1. The molecule has 0 aromatic carbocycles. The van der Waals surface area contributed by atoms with Crippen LogP contribution in [0.25, 0.3) is 11.2 Å². The predicted molar refractivity (Wildman–Crippen MR) is 139 cm³/mol. The zero-order chi connectivity index (χ0) is 32.8. The molecule has 0 saturated carbocycles. The number of anilines is 1. The first kappa shape index (κ1) is 33.3. The topological polar surface area (TPSA) is 318 Å². The molecule has 2 saturated heterocycles. The van der Waals surface area contributed by atoms with Crippen LogP contribution in [0.1, 0.15) is 22.8 Å². The molecule has 0 bridgehead atoms. The van der Waals surface area contributed by atoms with Gasteiger partial charge in [-0.15, -0.1) is 0 Å². The van der Waals surface area contributed by atoms with Gasteiger partial charge in [0.15, 0.2) is 41.7 Å². The third-order valence-electron chi connectivity index (χ3n) is 6.78. The summed E-state index contributed by atoms with van der Waals surface area (Å²) in [7, 11) is -10.8. The van der Waals surface area contributed by atoms with Crippen molar-refractivity contribution in [1.29, 1.82) is 0 Å². The maximum atomic E-state index is 13.7. The Balaban J connectivity index is 1.17. The number of carbonyl (C=O) groups is 1. The molecule has 1 amide bonds. The summed E-state index contributed by atoms with van der Waals surface area (Å²) in [6.45, 7) is -1.90. The molecule has 4 unspecified atom stereocenters. The molecule has 21 nitrogen and oxygen atoms in total. The van der Waals surface area contributed by atoms with Crippen LogP contribution in [0.4, 0.5) is 10.2 Å². The van der Waals surface area contributed by atoms with Gasteiger partial charge in [-0.05, 0) is 6.07 Å². The minimum absolute atomic E-state index is 0.0371. The Bertz CT molecular complexity index is 1680. The van der Waals surface area contributed by atoms with Crippen LogP contribution < -0.4 is 16.0 Å². The van der Waals surface area contributed by atoms with Gasteiger partial charge in [-0.3, -0.25) is 18.4 Å². The van der Waals surface area contributed by atoms with Crippen LogP contribution in [0, 0.1) is 6.08 Å². The van der Waals surface area contributed by atoms with E-state index >= 15 is 0 Å². The molecular weight excluding hydrogens is 655 g/mol. The molecule has 24 heteroatoms. The van der Waals surface area contributed by atoms with Gasteiger partial charge in [0.25, 0.3) is 12.1 Å². The van der Waals surface area contributed by atoms with Gasteiger partial charge in [0.2, 0.25) is 0 Å². The summed E-state index contributed by atoms with van der Waals surface area (Å²) in [5.41, 5.74) is 10.7. The molecule has 0 spiro atoms. The first-order valence-corrected chi connectivity index (χ1v) is 15.7. The molecular formula is C21H27FN7O14P2+. The van der Waals surface area contributed by atoms with Gasteiger partial charge < -0.3 is 51.2 Å². The second-order valence-electron chi connectivity index (χ2n) is 9.81. The van der Waals surface area contributed by atoms with Crippen molar-refractivity contribution < 1.29 is 75.9 Å². The quantitative estimate of drug-likeness (QED) is 0.0572. The van der Waals surface area contributed by atoms with Crippen LogP contribution in [0.5, 0.6) is 0 Å². The second kappa shape index (κ2) is 12.6. The van der Waals surface area contributed by atoms with Crippen LogP contribution in [-0.4, -0.2) is 105 Å². The number of hydrogen-bond acceptors (Lipinski definition) is 16. The van der Waals surface area contributed by atoms with E-state index < -0.39 is 89.9 Å². The van der Waals surface area contributed by atoms with Crippen molar-refractivity contribution in [2.24, 2.45) is 5.73 Å². The fraction of sp³-hybridized carbons (Fsp3) is 0.476. The molecule has 2 fully saturated rings. The molecule has 2 aliphatic heterocycles. The van der Waals surface area contributed by atoms with Crippen LogP contribution >= 0.6 is 15.6 Å². The Hall–Kier alpha value is -3.08. The lowest BCUT2D eigenvalue weighted by atomic mass is 10.1. The number of hydrogen-bond donors (Lipinski definition) is 8. The summed E-state index contributed by atoms with van der Waals surface area (Å²) in [5.74, 6) is -1.09. The number of imidazole rings is 1. The number of nitrogens with zero attached hydrogens (tertiary/aromatic N) is 5. The van der Waals surface area contributed by atoms with E-state index in [0.717, 1.165) is 10.9 Å². The van der Waals surface area contributed by atoms with Crippen molar-refractivity contribution in [3.8, 4) is 0 Å². The predicted octanol–water partition coefficient (Wildman–Crippen LogP) is -2.88. The molecule has 3 aromatic rings. The molecule has 3 aromatic heterocycles. The minimum atomic E-state index is -5.43. The number of ether oxygens (including phenoxy) is 2. The summed E-state index contributed by atoms with van der Waals surface area (Å²) in [6, 6.07) is 2.81. The zero-order valence-electron chi connectivity index (χ0n) is 22.5. The van der Waals surface area contributed by atoms with Crippen LogP contribution in [0.15, 0.2) is 30.9 Å². The van der Waals surface area contributed by atoms with Crippen LogP contribution in [-0.2, 0) is 32.0 Å². The number of carbonyl (C=O) groups excluding carboxylic acids is 1. The smallest absolute Gasteiger partial charge is 0.387 e. The summed E-state index contributed by atoms with van der Waals surface area (Å²) in [4.78, 5) is 42.2. The number of rotatable bonds is 11. The molecule has 10 atom stereocenters. The molecule has 0 radical (unpaired) electrons. The third kappa shape index (κ3) is 7.03. The molecule has 5 heterocycles. The lowest BCUT2D eigenvalue weighted by molar-refractivity contribution is -0.765. The van der Waals surface area contributed by atoms with Gasteiger partial charge in [0.05, 0.1) is 19.5 Å². The van der Waals surface area contributed by atoms with Crippen molar-refractivity contribution in [1.82, 2.24) is 19.5 Å². The van der Waals surface area contributed by atoms with Crippen molar-refractivity contribution in [3.63, 3.8) is 0 Å². The number of aromatic nitrogens is 5. The van der Waals surface area contributed by atoms with Gasteiger partial charge in [-0.25, -0.2) is 14.1 Å². The highest BCUT2D eigenvalue weighted by Gasteiger charge is 2.50. The number of aliphatic hydroxyl groups excluding tert-OH is 4. The maximum Gasteiger partial charge on any atom is 0.481 e. The highest BCUT2D eigenvalue weighted by Crippen LogP contribution is 2.60. The number of nitrogen functional groups attached to an aromatic ring is 1. The second-order valence-corrected chi connectivity index (χ2v) is 12.9. The highest BCUT2D eigenvalue weighted by molar-refractivity contribution is 7.61. The first-order chi connectivity index (χ1) is 21.1. The van der Waals surface area contributed by atoms with E-state index in [1.54, 1.807) is 0 Å². The Morgan fingerprint density at radius 1 is 1.02 bits per heavy atom.